The van der Waals surface area contributed by atoms with E-state index in [1.807, 2.05) is 18.2 Å². The lowest BCUT2D eigenvalue weighted by atomic mass is 10.1. The van der Waals surface area contributed by atoms with Crippen molar-refractivity contribution < 1.29 is 9.53 Å². The molecule has 1 aliphatic heterocycles. The van der Waals surface area contributed by atoms with Gasteiger partial charge < -0.3 is 9.64 Å². The molecule has 0 amide bonds. The molecule has 0 radical (unpaired) electrons. The first-order valence-corrected chi connectivity index (χ1v) is 6.77. The van der Waals surface area contributed by atoms with Crippen molar-refractivity contribution in [3.63, 3.8) is 0 Å². The van der Waals surface area contributed by atoms with Crippen LogP contribution in [0.2, 0.25) is 0 Å². The van der Waals surface area contributed by atoms with Gasteiger partial charge in [-0.3, -0.25) is 4.79 Å². The summed E-state index contributed by atoms with van der Waals surface area (Å²) in [6.07, 6.45) is 3.91. The summed E-state index contributed by atoms with van der Waals surface area (Å²) in [6.45, 7) is 5.37. The molecule has 1 saturated heterocycles. The van der Waals surface area contributed by atoms with Gasteiger partial charge in [-0.15, -0.1) is 0 Å². The molecule has 2 rings (SSSR count). The molecule has 0 aromatic heterocycles. The van der Waals surface area contributed by atoms with Crippen LogP contribution in [0.25, 0.3) is 0 Å². The highest BCUT2D eigenvalue weighted by atomic mass is 16.5. The zero-order chi connectivity index (χ0) is 13.8. The van der Waals surface area contributed by atoms with Crippen LogP contribution in [-0.4, -0.2) is 30.4 Å². The number of methoxy groups -OCH3 is 1. The Kier molecular flexibility index (Phi) is 4.25. The highest BCUT2D eigenvalue weighted by Gasteiger charge is 2.20. The normalized spacial score (nSPS) is 17.3. The zero-order valence-corrected chi connectivity index (χ0v) is 11.8. The van der Waals surface area contributed by atoms with Crippen molar-refractivity contribution in [3.05, 3.63) is 41.6 Å². The largest absolute Gasteiger partial charge is 0.497 e. The predicted octanol–water partition coefficient (Wildman–Crippen LogP) is 3.27. The van der Waals surface area contributed by atoms with Gasteiger partial charge in [0.25, 0.3) is 0 Å². The van der Waals surface area contributed by atoms with Crippen molar-refractivity contribution in [2.75, 3.05) is 13.7 Å². The maximum absolute atomic E-state index is 12.3. The minimum Gasteiger partial charge on any atom is -0.497 e. The van der Waals surface area contributed by atoms with E-state index in [1.54, 1.807) is 19.3 Å². The number of hydrogen-bond acceptors (Lipinski definition) is 3. The number of nitrogens with zero attached hydrogens (tertiary/aromatic N) is 1. The number of ketones is 1. The van der Waals surface area contributed by atoms with Gasteiger partial charge in [-0.1, -0.05) is 12.1 Å². The first-order chi connectivity index (χ1) is 9.11. The average molecular weight is 259 g/mol. The third-order valence-corrected chi connectivity index (χ3v) is 3.48. The lowest BCUT2D eigenvalue weighted by molar-refractivity contribution is 0.104. The number of ether oxygens (including phenoxy) is 1. The standard InChI is InChI=1S/C16H21NO2/c1-12(2)17-9-5-7-14(17)11-16(18)13-6-4-8-15(10-13)19-3/h4,6,8,10-12H,5,7,9H2,1-3H3/b14-11-. The predicted molar refractivity (Wildman–Crippen MR) is 76.5 cm³/mol. The van der Waals surface area contributed by atoms with Gasteiger partial charge >= 0.3 is 0 Å². The molecule has 1 aliphatic rings. The highest BCUT2D eigenvalue weighted by molar-refractivity contribution is 6.05. The lowest BCUT2D eigenvalue weighted by Gasteiger charge is -2.24. The fourth-order valence-electron chi connectivity index (χ4n) is 2.47. The summed E-state index contributed by atoms with van der Waals surface area (Å²) in [4.78, 5) is 14.6. The van der Waals surface area contributed by atoms with Crippen molar-refractivity contribution in [3.8, 4) is 5.75 Å². The van der Waals surface area contributed by atoms with E-state index < -0.39 is 0 Å². The van der Waals surface area contributed by atoms with Crippen LogP contribution in [0.1, 0.15) is 37.0 Å². The van der Waals surface area contributed by atoms with Crippen LogP contribution < -0.4 is 4.74 Å². The first-order valence-electron chi connectivity index (χ1n) is 6.77. The van der Waals surface area contributed by atoms with Crippen LogP contribution in [0.3, 0.4) is 0 Å². The van der Waals surface area contributed by atoms with E-state index in [-0.39, 0.29) is 5.78 Å². The summed E-state index contributed by atoms with van der Waals surface area (Å²) in [5, 5.41) is 0. The van der Waals surface area contributed by atoms with Crippen LogP contribution in [0.15, 0.2) is 36.0 Å². The fraction of sp³-hybridized carbons (Fsp3) is 0.438. The van der Waals surface area contributed by atoms with Gasteiger partial charge in [0.05, 0.1) is 7.11 Å². The van der Waals surface area contributed by atoms with E-state index >= 15 is 0 Å². The van der Waals surface area contributed by atoms with Crippen molar-refractivity contribution in [2.24, 2.45) is 0 Å². The van der Waals surface area contributed by atoms with E-state index in [2.05, 4.69) is 18.7 Å². The van der Waals surface area contributed by atoms with E-state index in [1.165, 1.54) is 0 Å². The Hall–Kier alpha value is -1.77. The van der Waals surface area contributed by atoms with E-state index in [4.69, 9.17) is 4.74 Å². The Labute approximate surface area is 114 Å². The molecule has 1 aromatic carbocycles. The molecular formula is C16H21NO2. The molecule has 0 unspecified atom stereocenters. The average Bonchev–Trinajstić information content (AvgIpc) is 2.87. The number of carbonyl (C=O) groups is 1. The molecule has 102 valence electrons. The molecule has 0 aliphatic carbocycles. The number of hydrogen-bond donors (Lipinski definition) is 0. The first kappa shape index (κ1) is 13.7. The second-order valence-corrected chi connectivity index (χ2v) is 5.12. The Morgan fingerprint density at radius 1 is 1.42 bits per heavy atom. The fourth-order valence-corrected chi connectivity index (χ4v) is 2.47. The second kappa shape index (κ2) is 5.91. The highest BCUT2D eigenvalue weighted by Crippen LogP contribution is 2.24. The number of benzene rings is 1. The molecule has 0 saturated carbocycles. The van der Waals surface area contributed by atoms with E-state index in [0.29, 0.717) is 11.6 Å². The summed E-state index contributed by atoms with van der Waals surface area (Å²) < 4.78 is 5.15. The molecular weight excluding hydrogens is 238 g/mol. The minimum atomic E-state index is 0.0569. The van der Waals surface area contributed by atoms with Crippen molar-refractivity contribution in [2.45, 2.75) is 32.7 Å². The van der Waals surface area contributed by atoms with Gasteiger partial charge in [0.15, 0.2) is 5.78 Å². The van der Waals surface area contributed by atoms with Crippen molar-refractivity contribution in [1.82, 2.24) is 4.90 Å². The number of likely N-dealkylation sites (tertiary alicyclic amines) is 1. The molecule has 0 bridgehead atoms. The summed E-state index contributed by atoms with van der Waals surface area (Å²) in [5.41, 5.74) is 1.84. The number of carbonyl (C=O) groups excluding carboxylic acids is 1. The number of allylic oxidation sites excluding steroid dienone is 2. The van der Waals surface area contributed by atoms with E-state index in [0.717, 1.165) is 30.8 Å². The van der Waals surface area contributed by atoms with Gasteiger partial charge in [0, 0.05) is 29.9 Å². The Morgan fingerprint density at radius 3 is 2.89 bits per heavy atom. The third-order valence-electron chi connectivity index (χ3n) is 3.48. The van der Waals surface area contributed by atoms with Crippen molar-refractivity contribution in [1.29, 1.82) is 0 Å². The molecule has 1 aromatic rings. The summed E-state index contributed by atoms with van der Waals surface area (Å²) in [6, 6.07) is 7.76. The zero-order valence-electron chi connectivity index (χ0n) is 11.8. The molecule has 3 heteroatoms. The summed E-state index contributed by atoms with van der Waals surface area (Å²) in [5.74, 6) is 0.776. The molecule has 0 spiro atoms. The minimum absolute atomic E-state index is 0.0569. The topological polar surface area (TPSA) is 29.5 Å². The molecule has 3 nitrogen and oxygen atoms in total. The SMILES string of the molecule is COc1cccc(C(=O)/C=C2/CCCN2C(C)C)c1. The second-order valence-electron chi connectivity index (χ2n) is 5.12. The monoisotopic (exact) mass is 259 g/mol. The molecule has 0 atom stereocenters. The summed E-state index contributed by atoms with van der Waals surface area (Å²) in [7, 11) is 1.61. The number of rotatable bonds is 4. The van der Waals surface area contributed by atoms with Crippen molar-refractivity contribution >= 4 is 5.78 Å². The molecule has 0 N–H and O–H groups in total. The Morgan fingerprint density at radius 2 is 2.21 bits per heavy atom. The van der Waals surface area contributed by atoms with Crippen LogP contribution in [-0.2, 0) is 0 Å². The van der Waals surface area contributed by atoms with Crippen LogP contribution in [0.5, 0.6) is 5.75 Å². The smallest absolute Gasteiger partial charge is 0.187 e. The Balaban J connectivity index is 2.19. The van der Waals surface area contributed by atoms with Gasteiger partial charge in [-0.05, 0) is 38.8 Å². The summed E-state index contributed by atoms with van der Waals surface area (Å²) >= 11 is 0. The maximum Gasteiger partial charge on any atom is 0.187 e. The van der Waals surface area contributed by atoms with Crippen LogP contribution in [0, 0.1) is 0 Å². The van der Waals surface area contributed by atoms with Gasteiger partial charge in [0.2, 0.25) is 0 Å². The molecule has 19 heavy (non-hydrogen) atoms. The Bertz CT molecular complexity index is 491. The lowest BCUT2D eigenvalue weighted by Crippen LogP contribution is -2.26. The van der Waals surface area contributed by atoms with Crippen LogP contribution in [0.4, 0.5) is 0 Å². The quantitative estimate of drug-likeness (QED) is 0.614. The third kappa shape index (κ3) is 3.16. The van der Waals surface area contributed by atoms with Crippen LogP contribution >= 0.6 is 0 Å². The molecule has 1 heterocycles. The van der Waals surface area contributed by atoms with Gasteiger partial charge in [0.1, 0.15) is 5.75 Å². The molecule has 1 fully saturated rings. The van der Waals surface area contributed by atoms with Gasteiger partial charge in [-0.25, -0.2) is 0 Å². The van der Waals surface area contributed by atoms with Gasteiger partial charge in [-0.2, -0.15) is 0 Å². The maximum atomic E-state index is 12.3. The van der Waals surface area contributed by atoms with E-state index in [9.17, 15) is 4.79 Å².